The zero-order chi connectivity index (χ0) is 42.0. The Balaban J connectivity index is 1.05. The van der Waals surface area contributed by atoms with Crippen LogP contribution in [-0.2, 0) is 5.41 Å². The van der Waals surface area contributed by atoms with E-state index in [1.165, 1.54) is 44.0 Å². The van der Waals surface area contributed by atoms with Gasteiger partial charge >= 0.3 is 0 Å². The summed E-state index contributed by atoms with van der Waals surface area (Å²) in [6, 6.07) is 56.1. The normalized spacial score (nSPS) is 13.1. The highest BCUT2D eigenvalue weighted by atomic mass is 14.8. The molecule has 62 heavy (non-hydrogen) atoms. The van der Waals surface area contributed by atoms with Gasteiger partial charge in [-0.15, -0.1) is 0 Å². The highest BCUT2D eigenvalue weighted by Crippen LogP contribution is 2.54. The summed E-state index contributed by atoms with van der Waals surface area (Å²) < 4.78 is 0. The average molecular weight is 796 g/mol. The predicted octanol–water partition coefficient (Wildman–Crippen LogP) is 14.5. The molecule has 1 aliphatic carbocycles. The van der Waals surface area contributed by atoms with Crippen molar-refractivity contribution in [1.82, 2.24) is 19.9 Å². The minimum Gasteiger partial charge on any atom is -0.255 e. The Morgan fingerprint density at radius 3 is 2.24 bits per heavy atom. The second-order valence-corrected chi connectivity index (χ2v) is 16.5. The number of allylic oxidation sites excluding steroid dienone is 2. The van der Waals surface area contributed by atoms with Gasteiger partial charge in [0, 0.05) is 39.5 Å². The number of hydrogen-bond donors (Lipinski definition) is 0. The highest BCUT2D eigenvalue weighted by Gasteiger charge is 2.39. The number of pyridine rings is 4. The number of aromatic nitrogens is 4. The second kappa shape index (κ2) is 14.7. The van der Waals surface area contributed by atoms with Crippen LogP contribution in [0.1, 0.15) is 37.6 Å². The molecular weight excluding hydrogens is 755 g/mol. The molecule has 0 N–H and O–H groups in total. The molecule has 10 aromatic rings. The molecule has 4 aromatic heterocycles. The standard InChI is InChI=1S/C57H41N5/c1-5-6-31-58-35(2)47-30-27-43-45(34-41-26-28-49(48-20-11-12-32-59-48)61-54(41)56(43)60-47)40-16-13-15-39(33-40)36-21-23-38(24-22-36)51-52-42-17-8-7-14-37(42)25-29-50(52)62-55-44-18-9-10-19-46(44)57(3,4)53(51)55/h5-34H,2H2,1,3-4H3/b6-5-,58-31-. The lowest BCUT2D eigenvalue weighted by Gasteiger charge is -2.25. The van der Waals surface area contributed by atoms with Gasteiger partial charge in [0.1, 0.15) is 0 Å². The van der Waals surface area contributed by atoms with Gasteiger partial charge in [0.05, 0.1) is 45.0 Å². The van der Waals surface area contributed by atoms with E-state index in [9.17, 15) is 0 Å². The van der Waals surface area contributed by atoms with Crippen molar-refractivity contribution in [2.24, 2.45) is 4.99 Å². The van der Waals surface area contributed by atoms with Crippen LogP contribution in [-0.4, -0.2) is 26.2 Å². The minimum atomic E-state index is -0.229. The van der Waals surface area contributed by atoms with Crippen molar-refractivity contribution in [1.29, 1.82) is 0 Å². The first-order valence-electron chi connectivity index (χ1n) is 21.0. The Hall–Kier alpha value is -7.89. The van der Waals surface area contributed by atoms with Crippen LogP contribution >= 0.6 is 0 Å². The summed E-state index contributed by atoms with van der Waals surface area (Å²) in [5.41, 5.74) is 17.0. The highest BCUT2D eigenvalue weighted by molar-refractivity contribution is 6.16. The third kappa shape index (κ3) is 6.04. The summed E-state index contributed by atoms with van der Waals surface area (Å²) in [6.07, 6.45) is 7.35. The first-order valence-corrected chi connectivity index (χ1v) is 21.0. The van der Waals surface area contributed by atoms with Gasteiger partial charge < -0.3 is 0 Å². The van der Waals surface area contributed by atoms with Crippen LogP contribution in [0.15, 0.2) is 188 Å². The van der Waals surface area contributed by atoms with Crippen LogP contribution in [0.4, 0.5) is 0 Å². The SMILES string of the molecule is C=C(/N=C\C=C/C)c1ccc2c(-c3cccc(-c4ccc(-c5c6c(nc7ccc8ccccc8c57)-c5ccccc5C6(C)C)cc4)c3)cc3ccc(-c4ccccn4)nc3c2n1. The molecule has 0 fully saturated rings. The molecule has 0 radical (unpaired) electrons. The van der Waals surface area contributed by atoms with Gasteiger partial charge in [-0.3, -0.25) is 9.98 Å². The Morgan fingerprint density at radius 2 is 1.39 bits per heavy atom. The molecule has 294 valence electrons. The fraction of sp³-hybridized carbons (Fsp3) is 0.0702. The number of nitrogens with zero attached hydrogens (tertiary/aromatic N) is 5. The van der Waals surface area contributed by atoms with Crippen LogP contribution in [0.3, 0.4) is 0 Å². The molecular formula is C57H41N5. The summed E-state index contributed by atoms with van der Waals surface area (Å²) in [4.78, 5) is 24.9. The van der Waals surface area contributed by atoms with Gasteiger partial charge in [0.25, 0.3) is 0 Å². The molecule has 4 heterocycles. The number of benzene rings is 6. The number of aliphatic imine (C=N–C) groups is 1. The largest absolute Gasteiger partial charge is 0.255 e. The van der Waals surface area contributed by atoms with E-state index in [2.05, 4.69) is 158 Å². The first-order chi connectivity index (χ1) is 30.4. The predicted molar refractivity (Wildman–Crippen MR) is 259 cm³/mol. The van der Waals surface area contributed by atoms with E-state index in [4.69, 9.17) is 15.0 Å². The molecule has 11 rings (SSSR count). The maximum Gasteiger partial charge on any atom is 0.0979 e. The topological polar surface area (TPSA) is 63.9 Å². The second-order valence-electron chi connectivity index (χ2n) is 16.5. The molecule has 5 nitrogen and oxygen atoms in total. The fourth-order valence-electron chi connectivity index (χ4n) is 9.40. The van der Waals surface area contributed by atoms with Crippen LogP contribution in [0.2, 0.25) is 0 Å². The lowest BCUT2D eigenvalue weighted by Crippen LogP contribution is -2.16. The van der Waals surface area contributed by atoms with Gasteiger partial charge in [-0.05, 0) is 117 Å². The van der Waals surface area contributed by atoms with Gasteiger partial charge in [-0.2, -0.15) is 0 Å². The van der Waals surface area contributed by atoms with Gasteiger partial charge in [-0.25, -0.2) is 15.0 Å². The van der Waals surface area contributed by atoms with Crippen molar-refractivity contribution < 1.29 is 0 Å². The number of hydrogen-bond acceptors (Lipinski definition) is 5. The molecule has 0 aliphatic heterocycles. The fourth-order valence-corrected chi connectivity index (χ4v) is 9.40. The summed E-state index contributed by atoms with van der Waals surface area (Å²) in [6.45, 7) is 10.9. The van der Waals surface area contributed by atoms with E-state index in [1.807, 2.05) is 49.4 Å². The smallest absolute Gasteiger partial charge is 0.0979 e. The molecule has 0 unspecified atom stereocenters. The van der Waals surface area contributed by atoms with E-state index < -0.39 is 0 Å². The van der Waals surface area contributed by atoms with Gasteiger partial charge in [0.2, 0.25) is 0 Å². The summed E-state index contributed by atoms with van der Waals surface area (Å²) in [5, 5.41) is 5.62. The first kappa shape index (κ1) is 37.1. The van der Waals surface area contributed by atoms with Crippen LogP contribution in [0, 0.1) is 0 Å². The van der Waals surface area contributed by atoms with Crippen LogP contribution < -0.4 is 0 Å². The van der Waals surface area contributed by atoms with Crippen molar-refractivity contribution in [2.45, 2.75) is 26.2 Å². The van der Waals surface area contributed by atoms with E-state index in [0.717, 1.165) is 66.7 Å². The van der Waals surface area contributed by atoms with Crippen molar-refractivity contribution in [3.05, 3.63) is 199 Å². The third-order valence-electron chi connectivity index (χ3n) is 12.4. The number of rotatable bonds is 7. The zero-order valence-electron chi connectivity index (χ0n) is 34.8. The van der Waals surface area contributed by atoms with Crippen molar-refractivity contribution in [3.8, 4) is 56.0 Å². The Bertz CT molecular complexity index is 3510. The maximum atomic E-state index is 5.40. The third-order valence-corrected chi connectivity index (χ3v) is 12.4. The van der Waals surface area contributed by atoms with Crippen LogP contribution in [0.25, 0.3) is 105 Å². The quantitative estimate of drug-likeness (QED) is 0.119. The minimum absolute atomic E-state index is 0.229. The molecule has 1 aliphatic rings. The lowest BCUT2D eigenvalue weighted by atomic mass is 9.78. The van der Waals surface area contributed by atoms with Gasteiger partial charge in [-0.1, -0.05) is 136 Å². The Kier molecular flexibility index (Phi) is 8.79. The van der Waals surface area contributed by atoms with Crippen molar-refractivity contribution in [3.63, 3.8) is 0 Å². The summed E-state index contributed by atoms with van der Waals surface area (Å²) >= 11 is 0. The molecule has 0 saturated carbocycles. The lowest BCUT2D eigenvalue weighted by molar-refractivity contribution is 0.662. The Morgan fingerprint density at radius 1 is 0.597 bits per heavy atom. The van der Waals surface area contributed by atoms with Gasteiger partial charge in [0.15, 0.2) is 0 Å². The number of fused-ring (bicyclic) bond motifs is 9. The summed E-state index contributed by atoms with van der Waals surface area (Å²) in [7, 11) is 0. The van der Waals surface area contributed by atoms with E-state index in [-0.39, 0.29) is 5.41 Å². The molecule has 0 atom stereocenters. The Labute approximate surface area is 360 Å². The molecule has 0 bridgehead atoms. The van der Waals surface area contributed by atoms with E-state index in [0.29, 0.717) is 11.4 Å². The molecule has 5 heteroatoms. The van der Waals surface area contributed by atoms with Crippen LogP contribution in [0.5, 0.6) is 0 Å². The molecule has 6 aromatic carbocycles. The van der Waals surface area contributed by atoms with Crippen molar-refractivity contribution in [2.75, 3.05) is 0 Å². The average Bonchev–Trinajstić information content (AvgIpc) is 3.55. The van der Waals surface area contributed by atoms with E-state index >= 15 is 0 Å². The van der Waals surface area contributed by atoms with E-state index in [1.54, 1.807) is 12.4 Å². The summed E-state index contributed by atoms with van der Waals surface area (Å²) in [5.74, 6) is 0. The maximum absolute atomic E-state index is 5.40. The monoisotopic (exact) mass is 795 g/mol. The molecule has 0 amide bonds. The van der Waals surface area contributed by atoms with Crippen molar-refractivity contribution >= 4 is 55.4 Å². The molecule has 0 spiro atoms. The zero-order valence-corrected chi connectivity index (χ0v) is 34.8. The molecule has 0 saturated heterocycles.